The number of aliphatic hydroxyl groups is 1. The standard InChI is InChI=1S/C21H22N2O2/c24-13-12-22(18-10-11-18)21(25)20-14-17-8-4-5-9-19(17)23(20)15-16-6-2-1-3-7-16/h1-9,14,18,24H,10-13,15H2. The fourth-order valence-electron chi connectivity index (χ4n) is 3.41. The van der Waals surface area contributed by atoms with Gasteiger partial charge in [0.2, 0.25) is 0 Å². The highest BCUT2D eigenvalue weighted by Crippen LogP contribution is 2.30. The van der Waals surface area contributed by atoms with E-state index >= 15 is 0 Å². The molecule has 25 heavy (non-hydrogen) atoms. The summed E-state index contributed by atoms with van der Waals surface area (Å²) < 4.78 is 2.10. The summed E-state index contributed by atoms with van der Waals surface area (Å²) in [6.45, 7) is 1.06. The van der Waals surface area contributed by atoms with Crippen LogP contribution in [0.4, 0.5) is 0 Å². The summed E-state index contributed by atoms with van der Waals surface area (Å²) in [5, 5.41) is 10.4. The van der Waals surface area contributed by atoms with Crippen LogP contribution in [0.1, 0.15) is 28.9 Å². The second kappa shape index (κ2) is 6.73. The second-order valence-electron chi connectivity index (χ2n) is 6.61. The van der Waals surface area contributed by atoms with Crippen molar-refractivity contribution in [3.8, 4) is 0 Å². The molecule has 1 amide bonds. The molecule has 1 fully saturated rings. The van der Waals surface area contributed by atoms with Crippen molar-refractivity contribution >= 4 is 16.8 Å². The van der Waals surface area contributed by atoms with Gasteiger partial charge >= 0.3 is 0 Å². The van der Waals surface area contributed by atoms with E-state index in [1.54, 1.807) is 0 Å². The zero-order chi connectivity index (χ0) is 17.2. The van der Waals surface area contributed by atoms with Crippen molar-refractivity contribution < 1.29 is 9.90 Å². The van der Waals surface area contributed by atoms with Crippen molar-refractivity contribution in [1.82, 2.24) is 9.47 Å². The van der Waals surface area contributed by atoms with Crippen LogP contribution in [-0.2, 0) is 6.54 Å². The number of hydrogen-bond donors (Lipinski definition) is 1. The van der Waals surface area contributed by atoms with Gasteiger partial charge < -0.3 is 14.6 Å². The fourth-order valence-corrected chi connectivity index (χ4v) is 3.41. The molecule has 0 spiro atoms. The lowest BCUT2D eigenvalue weighted by Gasteiger charge is -2.22. The van der Waals surface area contributed by atoms with Crippen LogP contribution in [0.15, 0.2) is 60.7 Å². The Morgan fingerprint density at radius 2 is 1.80 bits per heavy atom. The quantitative estimate of drug-likeness (QED) is 0.752. The van der Waals surface area contributed by atoms with E-state index in [9.17, 15) is 9.90 Å². The largest absolute Gasteiger partial charge is 0.395 e. The van der Waals surface area contributed by atoms with Crippen LogP contribution in [0.3, 0.4) is 0 Å². The van der Waals surface area contributed by atoms with Gasteiger partial charge in [0, 0.05) is 30.0 Å². The van der Waals surface area contributed by atoms with Crippen LogP contribution < -0.4 is 0 Å². The van der Waals surface area contributed by atoms with Crippen LogP contribution in [0.25, 0.3) is 10.9 Å². The van der Waals surface area contributed by atoms with Crippen molar-refractivity contribution in [2.45, 2.75) is 25.4 Å². The molecule has 1 saturated carbocycles. The summed E-state index contributed by atoms with van der Waals surface area (Å²) in [7, 11) is 0. The van der Waals surface area contributed by atoms with E-state index in [1.165, 1.54) is 0 Å². The molecule has 0 radical (unpaired) electrons. The Morgan fingerprint density at radius 1 is 1.08 bits per heavy atom. The highest BCUT2D eigenvalue weighted by molar-refractivity contribution is 5.99. The van der Waals surface area contributed by atoms with E-state index in [0.717, 1.165) is 29.3 Å². The van der Waals surface area contributed by atoms with E-state index in [1.807, 2.05) is 47.4 Å². The molecular formula is C21H22N2O2. The molecule has 4 heteroatoms. The molecule has 1 aliphatic rings. The smallest absolute Gasteiger partial charge is 0.270 e. The molecule has 1 aliphatic carbocycles. The van der Waals surface area contributed by atoms with Crippen LogP contribution in [0.2, 0.25) is 0 Å². The topological polar surface area (TPSA) is 45.5 Å². The fraction of sp³-hybridized carbons (Fsp3) is 0.286. The van der Waals surface area contributed by atoms with Gasteiger partial charge in [-0.25, -0.2) is 0 Å². The first-order valence-corrected chi connectivity index (χ1v) is 8.82. The molecule has 0 atom stereocenters. The monoisotopic (exact) mass is 334 g/mol. The number of aromatic nitrogens is 1. The van der Waals surface area contributed by atoms with E-state index < -0.39 is 0 Å². The van der Waals surface area contributed by atoms with Crippen LogP contribution >= 0.6 is 0 Å². The summed E-state index contributed by atoms with van der Waals surface area (Å²) in [4.78, 5) is 15.0. The Labute approximate surface area is 147 Å². The molecule has 128 valence electrons. The predicted octanol–water partition coefficient (Wildman–Crippen LogP) is 3.29. The molecule has 1 N–H and O–H groups in total. The number of benzene rings is 2. The van der Waals surface area contributed by atoms with E-state index in [-0.39, 0.29) is 18.6 Å². The minimum absolute atomic E-state index is 0.00114. The van der Waals surface area contributed by atoms with E-state index in [2.05, 4.69) is 22.8 Å². The van der Waals surface area contributed by atoms with Crippen molar-refractivity contribution in [2.75, 3.05) is 13.2 Å². The Hall–Kier alpha value is -2.59. The van der Waals surface area contributed by atoms with E-state index in [4.69, 9.17) is 0 Å². The first kappa shape index (κ1) is 15.9. The maximum absolute atomic E-state index is 13.2. The average Bonchev–Trinajstić information content (AvgIpc) is 3.42. The maximum atomic E-state index is 13.2. The zero-order valence-electron chi connectivity index (χ0n) is 14.1. The van der Waals surface area contributed by atoms with Gasteiger partial charge in [-0.15, -0.1) is 0 Å². The summed E-state index contributed by atoms with van der Waals surface area (Å²) >= 11 is 0. The normalized spacial score (nSPS) is 14.0. The molecule has 4 rings (SSSR count). The Kier molecular flexibility index (Phi) is 4.28. The predicted molar refractivity (Wildman–Crippen MR) is 98.6 cm³/mol. The molecule has 1 aromatic heterocycles. The van der Waals surface area contributed by atoms with Gasteiger partial charge in [0.25, 0.3) is 5.91 Å². The van der Waals surface area contributed by atoms with Gasteiger partial charge in [0.05, 0.1) is 6.61 Å². The van der Waals surface area contributed by atoms with Crippen LogP contribution in [-0.4, -0.2) is 39.7 Å². The molecular weight excluding hydrogens is 312 g/mol. The van der Waals surface area contributed by atoms with Crippen LogP contribution in [0, 0.1) is 0 Å². The number of aliphatic hydroxyl groups excluding tert-OH is 1. The molecule has 0 saturated heterocycles. The minimum atomic E-state index is 0.00114. The van der Waals surface area contributed by atoms with Gasteiger partial charge in [-0.2, -0.15) is 0 Å². The summed E-state index contributed by atoms with van der Waals surface area (Å²) in [5.74, 6) is 0.0173. The molecule has 1 heterocycles. The number of nitrogens with zero attached hydrogens (tertiary/aromatic N) is 2. The number of hydrogen-bond acceptors (Lipinski definition) is 2. The summed E-state index contributed by atoms with van der Waals surface area (Å²) in [6, 6.07) is 20.6. The van der Waals surface area contributed by atoms with Gasteiger partial charge in [-0.05, 0) is 30.5 Å². The summed E-state index contributed by atoms with van der Waals surface area (Å²) in [6.07, 6.45) is 2.06. The highest BCUT2D eigenvalue weighted by Gasteiger charge is 2.34. The number of carbonyl (C=O) groups excluding carboxylic acids is 1. The van der Waals surface area contributed by atoms with Gasteiger partial charge in [0.1, 0.15) is 5.69 Å². The number of amides is 1. The molecule has 0 unspecified atom stereocenters. The first-order valence-electron chi connectivity index (χ1n) is 8.82. The number of carbonyl (C=O) groups is 1. The van der Waals surface area contributed by atoms with Crippen LogP contribution in [0.5, 0.6) is 0 Å². The SMILES string of the molecule is O=C(c1cc2ccccc2n1Cc1ccccc1)N(CCO)C1CC1. The lowest BCUT2D eigenvalue weighted by atomic mass is 10.2. The third kappa shape index (κ3) is 3.17. The molecule has 3 aromatic rings. The number of rotatable bonds is 6. The maximum Gasteiger partial charge on any atom is 0.270 e. The minimum Gasteiger partial charge on any atom is -0.395 e. The lowest BCUT2D eigenvalue weighted by molar-refractivity contribution is 0.0698. The van der Waals surface area contributed by atoms with Crippen molar-refractivity contribution in [2.24, 2.45) is 0 Å². The third-order valence-electron chi connectivity index (χ3n) is 4.80. The molecule has 0 aliphatic heterocycles. The Bertz CT molecular complexity index is 881. The van der Waals surface area contributed by atoms with Gasteiger partial charge in [-0.3, -0.25) is 4.79 Å². The van der Waals surface area contributed by atoms with Gasteiger partial charge in [0.15, 0.2) is 0 Å². The zero-order valence-corrected chi connectivity index (χ0v) is 14.1. The Morgan fingerprint density at radius 3 is 2.52 bits per heavy atom. The lowest BCUT2D eigenvalue weighted by Crippen LogP contribution is -2.36. The van der Waals surface area contributed by atoms with E-state index in [0.29, 0.717) is 18.8 Å². The summed E-state index contributed by atoms with van der Waals surface area (Å²) in [5.41, 5.74) is 2.93. The highest BCUT2D eigenvalue weighted by atomic mass is 16.3. The molecule has 0 bridgehead atoms. The van der Waals surface area contributed by atoms with Gasteiger partial charge in [-0.1, -0.05) is 48.5 Å². The van der Waals surface area contributed by atoms with Crippen molar-refractivity contribution in [3.05, 3.63) is 71.9 Å². The van der Waals surface area contributed by atoms with Crippen molar-refractivity contribution in [3.63, 3.8) is 0 Å². The molecule has 2 aromatic carbocycles. The second-order valence-corrected chi connectivity index (χ2v) is 6.61. The molecule has 4 nitrogen and oxygen atoms in total. The number of para-hydroxylation sites is 1. The third-order valence-corrected chi connectivity index (χ3v) is 4.80. The van der Waals surface area contributed by atoms with Crippen molar-refractivity contribution in [1.29, 1.82) is 0 Å². The first-order chi connectivity index (χ1) is 12.3. The average molecular weight is 334 g/mol. The Balaban J connectivity index is 1.77. The number of fused-ring (bicyclic) bond motifs is 1.